The molecular formula is C18H22ClN3. The molecule has 3 rings (SSSR count). The summed E-state index contributed by atoms with van der Waals surface area (Å²) in [6.07, 6.45) is 6.95. The summed E-state index contributed by atoms with van der Waals surface area (Å²) in [5.74, 6) is 1.83. The molecule has 0 bridgehead atoms. The van der Waals surface area contributed by atoms with Gasteiger partial charge in [-0.2, -0.15) is 0 Å². The zero-order valence-corrected chi connectivity index (χ0v) is 13.8. The third-order valence-electron chi connectivity index (χ3n) is 4.11. The third kappa shape index (κ3) is 3.41. The summed E-state index contributed by atoms with van der Waals surface area (Å²) in [5.41, 5.74) is 3.56. The molecule has 1 aromatic heterocycles. The molecule has 0 unspecified atom stereocenters. The van der Waals surface area contributed by atoms with Crippen LogP contribution in [-0.4, -0.2) is 16.5 Å². The van der Waals surface area contributed by atoms with Gasteiger partial charge < -0.3 is 5.32 Å². The average molecular weight is 316 g/mol. The monoisotopic (exact) mass is 315 g/mol. The van der Waals surface area contributed by atoms with E-state index in [2.05, 4.69) is 12.2 Å². The summed E-state index contributed by atoms with van der Waals surface area (Å²) in [4.78, 5) is 9.60. The lowest BCUT2D eigenvalue weighted by molar-refractivity contribution is 0.664. The van der Waals surface area contributed by atoms with Gasteiger partial charge >= 0.3 is 0 Å². The van der Waals surface area contributed by atoms with E-state index in [1.165, 1.54) is 30.5 Å². The molecule has 0 spiro atoms. The van der Waals surface area contributed by atoms with Crippen LogP contribution in [0.2, 0.25) is 5.02 Å². The molecule has 0 saturated carbocycles. The summed E-state index contributed by atoms with van der Waals surface area (Å²) in [6.45, 7) is 3.18. The van der Waals surface area contributed by atoms with Crippen molar-refractivity contribution in [1.29, 1.82) is 0 Å². The van der Waals surface area contributed by atoms with E-state index >= 15 is 0 Å². The van der Waals surface area contributed by atoms with E-state index < -0.39 is 0 Å². The van der Waals surface area contributed by atoms with Crippen LogP contribution in [0.15, 0.2) is 24.3 Å². The lowest BCUT2D eigenvalue weighted by Gasteiger charge is -2.20. The first-order valence-electron chi connectivity index (χ1n) is 8.17. The van der Waals surface area contributed by atoms with Gasteiger partial charge in [0.1, 0.15) is 5.82 Å². The number of halogens is 1. The molecule has 1 heterocycles. The lowest BCUT2D eigenvalue weighted by atomic mass is 9.96. The Kier molecular flexibility index (Phi) is 4.94. The van der Waals surface area contributed by atoms with Crippen molar-refractivity contribution in [2.75, 3.05) is 11.9 Å². The van der Waals surface area contributed by atoms with Gasteiger partial charge in [-0.3, -0.25) is 0 Å². The minimum Gasteiger partial charge on any atom is -0.370 e. The van der Waals surface area contributed by atoms with Gasteiger partial charge in [-0.25, -0.2) is 9.97 Å². The number of hydrogen-bond acceptors (Lipinski definition) is 3. The van der Waals surface area contributed by atoms with Crippen LogP contribution in [-0.2, 0) is 12.8 Å². The second kappa shape index (κ2) is 7.10. The van der Waals surface area contributed by atoms with Crippen molar-refractivity contribution in [2.24, 2.45) is 0 Å². The molecule has 1 aliphatic rings. The zero-order valence-electron chi connectivity index (χ0n) is 13.0. The van der Waals surface area contributed by atoms with Crippen molar-refractivity contribution < 1.29 is 0 Å². The summed E-state index contributed by atoms with van der Waals surface area (Å²) < 4.78 is 0. The first-order chi connectivity index (χ1) is 10.8. The fraction of sp³-hybridized carbons (Fsp3) is 0.444. The van der Waals surface area contributed by atoms with Crippen molar-refractivity contribution in [2.45, 2.75) is 45.4 Å². The predicted molar refractivity (Wildman–Crippen MR) is 92.5 cm³/mol. The number of nitrogens with zero attached hydrogens (tertiary/aromatic N) is 2. The number of aromatic nitrogens is 2. The maximum atomic E-state index is 5.98. The fourth-order valence-corrected chi connectivity index (χ4v) is 2.98. The van der Waals surface area contributed by atoms with Crippen molar-refractivity contribution in [3.05, 3.63) is 40.5 Å². The number of unbranched alkanes of at least 4 members (excludes halogenated alkanes) is 1. The van der Waals surface area contributed by atoms with E-state index in [4.69, 9.17) is 21.6 Å². The maximum absolute atomic E-state index is 5.98. The second-order valence-corrected chi connectivity index (χ2v) is 6.25. The van der Waals surface area contributed by atoms with Crippen LogP contribution in [0.5, 0.6) is 0 Å². The quantitative estimate of drug-likeness (QED) is 0.798. The van der Waals surface area contributed by atoms with Gasteiger partial charge in [-0.1, -0.05) is 24.9 Å². The summed E-state index contributed by atoms with van der Waals surface area (Å²) >= 11 is 5.98. The SMILES string of the molecule is CCCCNc1nc(-c2ccc(Cl)cc2)nc2c1CCCC2. The van der Waals surface area contributed by atoms with Gasteiger partial charge in [0, 0.05) is 28.4 Å². The van der Waals surface area contributed by atoms with E-state index in [1.54, 1.807) is 0 Å². The zero-order chi connectivity index (χ0) is 15.4. The fourth-order valence-electron chi connectivity index (χ4n) is 2.85. The summed E-state index contributed by atoms with van der Waals surface area (Å²) in [7, 11) is 0. The van der Waals surface area contributed by atoms with E-state index in [1.807, 2.05) is 24.3 Å². The van der Waals surface area contributed by atoms with E-state index in [9.17, 15) is 0 Å². The molecule has 1 N–H and O–H groups in total. The molecule has 0 aliphatic heterocycles. The molecule has 116 valence electrons. The molecule has 1 aromatic carbocycles. The van der Waals surface area contributed by atoms with Crippen LogP contribution in [0, 0.1) is 0 Å². The minimum absolute atomic E-state index is 0.739. The number of hydrogen-bond donors (Lipinski definition) is 1. The van der Waals surface area contributed by atoms with E-state index in [-0.39, 0.29) is 0 Å². The van der Waals surface area contributed by atoms with Gasteiger partial charge in [0.2, 0.25) is 0 Å². The summed E-state index contributed by atoms with van der Waals surface area (Å²) in [5, 5.41) is 4.26. The van der Waals surface area contributed by atoms with Crippen molar-refractivity contribution in [1.82, 2.24) is 9.97 Å². The van der Waals surface area contributed by atoms with Gasteiger partial charge in [-0.05, 0) is 56.4 Å². The molecule has 1 aliphatic carbocycles. The predicted octanol–water partition coefficient (Wildman–Crippen LogP) is 4.89. The minimum atomic E-state index is 0.739. The van der Waals surface area contributed by atoms with Crippen LogP contribution >= 0.6 is 11.6 Å². The number of rotatable bonds is 5. The highest BCUT2D eigenvalue weighted by Gasteiger charge is 2.18. The lowest BCUT2D eigenvalue weighted by Crippen LogP contribution is -2.14. The Balaban J connectivity index is 1.96. The normalized spacial score (nSPS) is 13.7. The molecule has 0 radical (unpaired) electrons. The summed E-state index contributed by atoms with van der Waals surface area (Å²) in [6, 6.07) is 7.76. The number of nitrogens with one attached hydrogen (secondary N) is 1. The number of anilines is 1. The Morgan fingerprint density at radius 3 is 2.64 bits per heavy atom. The number of aryl methyl sites for hydroxylation is 1. The standard InChI is InChI=1S/C18H22ClN3/c1-2-3-12-20-18-15-6-4-5-7-16(15)21-17(22-18)13-8-10-14(19)11-9-13/h8-11H,2-7,12H2,1H3,(H,20,21,22). The number of fused-ring (bicyclic) bond motifs is 1. The van der Waals surface area contributed by atoms with Crippen LogP contribution in [0.25, 0.3) is 11.4 Å². The highest BCUT2D eigenvalue weighted by molar-refractivity contribution is 6.30. The van der Waals surface area contributed by atoms with Gasteiger partial charge in [0.25, 0.3) is 0 Å². The van der Waals surface area contributed by atoms with Gasteiger partial charge in [-0.15, -0.1) is 0 Å². The Morgan fingerprint density at radius 2 is 1.86 bits per heavy atom. The topological polar surface area (TPSA) is 37.8 Å². The Morgan fingerprint density at radius 1 is 1.09 bits per heavy atom. The van der Waals surface area contributed by atoms with Crippen molar-refractivity contribution >= 4 is 17.4 Å². The molecule has 22 heavy (non-hydrogen) atoms. The van der Waals surface area contributed by atoms with Crippen LogP contribution < -0.4 is 5.32 Å². The van der Waals surface area contributed by atoms with Gasteiger partial charge in [0.05, 0.1) is 0 Å². The first kappa shape index (κ1) is 15.3. The molecule has 3 nitrogen and oxygen atoms in total. The van der Waals surface area contributed by atoms with Crippen molar-refractivity contribution in [3.63, 3.8) is 0 Å². The van der Waals surface area contributed by atoms with Crippen LogP contribution in [0.1, 0.15) is 43.9 Å². The Labute approximate surface area is 137 Å². The first-order valence-corrected chi connectivity index (χ1v) is 8.55. The van der Waals surface area contributed by atoms with Crippen molar-refractivity contribution in [3.8, 4) is 11.4 Å². The molecule has 4 heteroatoms. The van der Waals surface area contributed by atoms with E-state index in [0.717, 1.165) is 48.0 Å². The Hall–Kier alpha value is -1.61. The van der Waals surface area contributed by atoms with Crippen LogP contribution in [0.3, 0.4) is 0 Å². The van der Waals surface area contributed by atoms with Gasteiger partial charge in [0.15, 0.2) is 5.82 Å². The van der Waals surface area contributed by atoms with Crippen LogP contribution in [0.4, 0.5) is 5.82 Å². The molecule has 2 aromatic rings. The molecule has 0 fully saturated rings. The second-order valence-electron chi connectivity index (χ2n) is 5.82. The number of benzene rings is 1. The maximum Gasteiger partial charge on any atom is 0.161 e. The molecule has 0 amide bonds. The molecule has 0 atom stereocenters. The largest absolute Gasteiger partial charge is 0.370 e. The highest BCUT2D eigenvalue weighted by atomic mass is 35.5. The highest BCUT2D eigenvalue weighted by Crippen LogP contribution is 2.29. The molecular weight excluding hydrogens is 294 g/mol. The average Bonchev–Trinajstić information content (AvgIpc) is 2.55. The third-order valence-corrected chi connectivity index (χ3v) is 4.36. The van der Waals surface area contributed by atoms with E-state index in [0.29, 0.717) is 0 Å². The molecule has 0 saturated heterocycles. The smallest absolute Gasteiger partial charge is 0.161 e. The Bertz CT molecular complexity index is 638.